The molecule has 2 aromatic rings. The highest BCUT2D eigenvalue weighted by molar-refractivity contribution is 5.36. The van der Waals surface area contributed by atoms with E-state index >= 15 is 0 Å². The predicted molar refractivity (Wildman–Crippen MR) is 82.7 cm³/mol. The summed E-state index contributed by atoms with van der Waals surface area (Å²) in [6.45, 7) is 5.28. The number of aryl methyl sites for hydroxylation is 2. The van der Waals surface area contributed by atoms with Gasteiger partial charge < -0.3 is 9.47 Å². The van der Waals surface area contributed by atoms with Crippen molar-refractivity contribution >= 4 is 0 Å². The van der Waals surface area contributed by atoms with E-state index in [0.717, 1.165) is 23.5 Å². The molecule has 21 heavy (non-hydrogen) atoms. The highest BCUT2D eigenvalue weighted by atomic mass is 16.5. The zero-order valence-electron chi connectivity index (χ0n) is 12.4. The third-order valence-electron chi connectivity index (χ3n) is 3.12. The molecule has 0 fully saturated rings. The van der Waals surface area contributed by atoms with E-state index in [9.17, 15) is 0 Å². The SMILES string of the molecule is Cc1ccc(C)c(OCCCOc2cccc(C#N)c2)c1. The molecule has 0 amide bonds. The second kappa shape index (κ2) is 7.35. The maximum Gasteiger partial charge on any atom is 0.122 e. The largest absolute Gasteiger partial charge is 0.493 e. The quantitative estimate of drug-likeness (QED) is 0.751. The Morgan fingerprint density at radius 2 is 1.81 bits per heavy atom. The van der Waals surface area contributed by atoms with Crippen LogP contribution in [0.4, 0.5) is 0 Å². The van der Waals surface area contributed by atoms with Crippen molar-refractivity contribution in [3.63, 3.8) is 0 Å². The molecule has 3 heteroatoms. The maximum absolute atomic E-state index is 8.82. The fourth-order valence-electron chi connectivity index (χ4n) is 1.95. The number of nitrogens with zero attached hydrogens (tertiary/aromatic N) is 1. The van der Waals surface area contributed by atoms with Crippen LogP contribution in [0.25, 0.3) is 0 Å². The summed E-state index contributed by atoms with van der Waals surface area (Å²) >= 11 is 0. The molecule has 0 radical (unpaired) electrons. The number of hydrogen-bond donors (Lipinski definition) is 0. The Morgan fingerprint density at radius 1 is 1.00 bits per heavy atom. The summed E-state index contributed by atoms with van der Waals surface area (Å²) in [7, 11) is 0. The van der Waals surface area contributed by atoms with Crippen molar-refractivity contribution in [1.29, 1.82) is 5.26 Å². The molecule has 0 saturated heterocycles. The van der Waals surface area contributed by atoms with Gasteiger partial charge in [-0.25, -0.2) is 0 Å². The van der Waals surface area contributed by atoms with Crippen LogP contribution >= 0.6 is 0 Å². The van der Waals surface area contributed by atoms with Crippen LogP contribution < -0.4 is 9.47 Å². The molecule has 0 aliphatic carbocycles. The van der Waals surface area contributed by atoms with Crippen molar-refractivity contribution in [2.24, 2.45) is 0 Å². The van der Waals surface area contributed by atoms with Crippen LogP contribution in [0.5, 0.6) is 11.5 Å². The minimum Gasteiger partial charge on any atom is -0.493 e. The third kappa shape index (κ3) is 4.54. The summed E-state index contributed by atoms with van der Waals surface area (Å²) < 4.78 is 11.4. The molecule has 3 nitrogen and oxygen atoms in total. The summed E-state index contributed by atoms with van der Waals surface area (Å²) in [6, 6.07) is 15.5. The van der Waals surface area contributed by atoms with E-state index in [0.29, 0.717) is 18.8 Å². The average molecular weight is 281 g/mol. The monoisotopic (exact) mass is 281 g/mol. The molecule has 0 N–H and O–H groups in total. The molecular weight excluding hydrogens is 262 g/mol. The van der Waals surface area contributed by atoms with Crippen LogP contribution in [-0.4, -0.2) is 13.2 Å². The Bertz CT molecular complexity index is 644. The van der Waals surface area contributed by atoms with Crippen molar-refractivity contribution < 1.29 is 9.47 Å². The number of nitriles is 1. The van der Waals surface area contributed by atoms with Crippen molar-refractivity contribution in [1.82, 2.24) is 0 Å². The number of ether oxygens (including phenoxy) is 2. The summed E-state index contributed by atoms with van der Waals surface area (Å²) in [4.78, 5) is 0. The van der Waals surface area contributed by atoms with Gasteiger partial charge in [0.1, 0.15) is 11.5 Å². The normalized spacial score (nSPS) is 9.95. The van der Waals surface area contributed by atoms with Gasteiger partial charge in [-0.1, -0.05) is 18.2 Å². The molecule has 0 aliphatic heterocycles. The van der Waals surface area contributed by atoms with E-state index in [-0.39, 0.29) is 0 Å². The minimum absolute atomic E-state index is 0.569. The molecule has 108 valence electrons. The molecule has 0 aromatic heterocycles. The highest BCUT2D eigenvalue weighted by Gasteiger charge is 2.00. The lowest BCUT2D eigenvalue weighted by Crippen LogP contribution is -2.05. The lowest BCUT2D eigenvalue weighted by Gasteiger charge is -2.10. The van der Waals surface area contributed by atoms with E-state index < -0.39 is 0 Å². The summed E-state index contributed by atoms with van der Waals surface area (Å²) in [5, 5.41) is 8.82. The van der Waals surface area contributed by atoms with E-state index in [2.05, 4.69) is 25.1 Å². The molecule has 0 bridgehead atoms. The zero-order chi connectivity index (χ0) is 15.1. The first-order chi connectivity index (χ1) is 10.2. The molecule has 2 rings (SSSR count). The first-order valence-electron chi connectivity index (χ1n) is 7.02. The lowest BCUT2D eigenvalue weighted by molar-refractivity contribution is 0.246. The highest BCUT2D eigenvalue weighted by Crippen LogP contribution is 2.19. The van der Waals surface area contributed by atoms with Gasteiger partial charge in [0.2, 0.25) is 0 Å². The topological polar surface area (TPSA) is 42.2 Å². The molecule has 0 spiro atoms. The van der Waals surface area contributed by atoms with Crippen molar-refractivity contribution in [2.75, 3.05) is 13.2 Å². The Labute approximate surface area is 125 Å². The van der Waals surface area contributed by atoms with Gasteiger partial charge in [-0.2, -0.15) is 5.26 Å². The van der Waals surface area contributed by atoms with Gasteiger partial charge in [0, 0.05) is 6.42 Å². The van der Waals surface area contributed by atoms with Gasteiger partial charge in [0.25, 0.3) is 0 Å². The lowest BCUT2D eigenvalue weighted by atomic mass is 10.1. The van der Waals surface area contributed by atoms with Crippen LogP contribution in [0.2, 0.25) is 0 Å². The summed E-state index contributed by atoms with van der Waals surface area (Å²) in [5.74, 6) is 1.65. The average Bonchev–Trinajstić information content (AvgIpc) is 2.50. The van der Waals surface area contributed by atoms with Crippen molar-refractivity contribution in [2.45, 2.75) is 20.3 Å². The van der Waals surface area contributed by atoms with Gasteiger partial charge in [0.05, 0.1) is 24.8 Å². The van der Waals surface area contributed by atoms with Crippen LogP contribution in [0, 0.1) is 25.2 Å². The Kier molecular flexibility index (Phi) is 5.22. The van der Waals surface area contributed by atoms with E-state index in [1.165, 1.54) is 5.56 Å². The first kappa shape index (κ1) is 14.9. The van der Waals surface area contributed by atoms with Crippen LogP contribution in [-0.2, 0) is 0 Å². The Hall–Kier alpha value is -2.47. The van der Waals surface area contributed by atoms with E-state index in [1.807, 2.05) is 25.1 Å². The molecule has 0 saturated carbocycles. The number of benzene rings is 2. The third-order valence-corrected chi connectivity index (χ3v) is 3.12. The standard InChI is InChI=1S/C18H19NO2/c1-14-7-8-15(2)18(11-14)21-10-4-9-20-17-6-3-5-16(12-17)13-19/h3,5-8,11-12H,4,9-10H2,1-2H3. The zero-order valence-corrected chi connectivity index (χ0v) is 12.4. The van der Waals surface area contributed by atoms with Crippen LogP contribution in [0.1, 0.15) is 23.1 Å². The molecule has 0 unspecified atom stereocenters. The Balaban J connectivity index is 1.75. The van der Waals surface area contributed by atoms with E-state index in [4.69, 9.17) is 14.7 Å². The first-order valence-corrected chi connectivity index (χ1v) is 7.02. The van der Waals surface area contributed by atoms with Crippen molar-refractivity contribution in [3.05, 3.63) is 59.2 Å². The van der Waals surface area contributed by atoms with Gasteiger partial charge >= 0.3 is 0 Å². The second-order valence-corrected chi connectivity index (χ2v) is 4.96. The second-order valence-electron chi connectivity index (χ2n) is 4.96. The smallest absolute Gasteiger partial charge is 0.122 e. The summed E-state index contributed by atoms with van der Waals surface area (Å²) in [6.07, 6.45) is 0.796. The van der Waals surface area contributed by atoms with Crippen LogP contribution in [0.15, 0.2) is 42.5 Å². The van der Waals surface area contributed by atoms with Gasteiger partial charge in [-0.15, -0.1) is 0 Å². The van der Waals surface area contributed by atoms with Gasteiger partial charge in [-0.3, -0.25) is 0 Å². The molecule has 2 aromatic carbocycles. The minimum atomic E-state index is 0.569. The number of rotatable bonds is 6. The van der Waals surface area contributed by atoms with Crippen LogP contribution in [0.3, 0.4) is 0 Å². The van der Waals surface area contributed by atoms with Gasteiger partial charge in [0.15, 0.2) is 0 Å². The fourth-order valence-corrected chi connectivity index (χ4v) is 1.95. The maximum atomic E-state index is 8.82. The predicted octanol–water partition coefficient (Wildman–Crippen LogP) is 4.02. The van der Waals surface area contributed by atoms with Crippen molar-refractivity contribution in [3.8, 4) is 17.6 Å². The molecule has 0 aliphatic rings. The fraction of sp³-hybridized carbons (Fsp3) is 0.278. The summed E-state index contributed by atoms with van der Waals surface area (Å²) in [5.41, 5.74) is 2.95. The molecule has 0 heterocycles. The molecule has 0 atom stereocenters. The molecular formula is C18H19NO2. The van der Waals surface area contributed by atoms with E-state index in [1.54, 1.807) is 12.1 Å². The Morgan fingerprint density at radius 3 is 2.62 bits per heavy atom. The van der Waals surface area contributed by atoms with Gasteiger partial charge in [-0.05, 0) is 49.2 Å². The number of hydrogen-bond acceptors (Lipinski definition) is 3.